The number of rotatable bonds is 4. The number of hydrogen-bond acceptors (Lipinski definition) is 5. The van der Waals surface area contributed by atoms with Crippen LogP contribution < -0.4 is 10.2 Å². The Kier molecular flexibility index (Phi) is 4.54. The fourth-order valence-electron chi connectivity index (χ4n) is 3.46. The SMILES string of the molecule is Cc1nc(NCc2cccnc2)cc(C(=O)N2c3ccccc3CC2C)n1. The summed E-state index contributed by atoms with van der Waals surface area (Å²) in [5, 5.41) is 3.26. The van der Waals surface area contributed by atoms with E-state index in [-0.39, 0.29) is 11.9 Å². The van der Waals surface area contributed by atoms with Gasteiger partial charge in [-0.3, -0.25) is 9.78 Å². The highest BCUT2D eigenvalue weighted by molar-refractivity contribution is 6.06. The number of fused-ring (bicyclic) bond motifs is 1. The predicted octanol–water partition coefficient (Wildman–Crippen LogP) is 3.38. The lowest BCUT2D eigenvalue weighted by Gasteiger charge is -2.22. The fourth-order valence-corrected chi connectivity index (χ4v) is 3.46. The van der Waals surface area contributed by atoms with Crippen LogP contribution in [0.15, 0.2) is 54.9 Å². The molecule has 6 heteroatoms. The van der Waals surface area contributed by atoms with Gasteiger partial charge in [0.2, 0.25) is 0 Å². The van der Waals surface area contributed by atoms with Gasteiger partial charge in [0.1, 0.15) is 17.3 Å². The summed E-state index contributed by atoms with van der Waals surface area (Å²) in [4.78, 5) is 27.9. The third-order valence-corrected chi connectivity index (χ3v) is 4.68. The van der Waals surface area contributed by atoms with E-state index in [0.717, 1.165) is 17.7 Å². The number of aromatic nitrogens is 3. The Morgan fingerprint density at radius 3 is 2.89 bits per heavy atom. The van der Waals surface area contributed by atoms with Gasteiger partial charge in [-0.05, 0) is 43.5 Å². The number of hydrogen-bond donors (Lipinski definition) is 1. The van der Waals surface area contributed by atoms with Crippen molar-refractivity contribution in [1.29, 1.82) is 0 Å². The highest BCUT2D eigenvalue weighted by Crippen LogP contribution is 2.33. The average molecular weight is 359 g/mol. The number of carbonyl (C=O) groups excluding carboxylic acids is 1. The molecule has 0 radical (unpaired) electrons. The molecule has 1 aliphatic rings. The van der Waals surface area contributed by atoms with Crippen molar-refractivity contribution in [3.05, 3.63) is 77.5 Å². The molecule has 2 aromatic heterocycles. The van der Waals surface area contributed by atoms with Crippen molar-refractivity contribution in [2.75, 3.05) is 10.2 Å². The standard InChI is InChI=1S/C21H21N5O/c1-14-10-17-7-3-4-8-19(17)26(14)21(27)18-11-20(25-15(2)24-18)23-13-16-6-5-9-22-12-16/h3-9,11-12,14H,10,13H2,1-2H3,(H,23,24,25). The Balaban J connectivity index is 1.58. The largest absolute Gasteiger partial charge is 0.366 e. The van der Waals surface area contributed by atoms with Gasteiger partial charge >= 0.3 is 0 Å². The van der Waals surface area contributed by atoms with Gasteiger partial charge in [0.05, 0.1) is 0 Å². The second-order valence-corrected chi connectivity index (χ2v) is 6.76. The molecule has 0 spiro atoms. The van der Waals surface area contributed by atoms with Crippen LogP contribution in [-0.2, 0) is 13.0 Å². The number of carbonyl (C=O) groups is 1. The van der Waals surface area contributed by atoms with Crippen LogP contribution in [0.1, 0.15) is 34.4 Å². The Morgan fingerprint density at radius 1 is 1.22 bits per heavy atom. The van der Waals surface area contributed by atoms with Crippen molar-refractivity contribution in [2.24, 2.45) is 0 Å². The molecule has 0 bridgehead atoms. The minimum absolute atomic E-state index is 0.0950. The zero-order valence-corrected chi connectivity index (χ0v) is 15.4. The lowest BCUT2D eigenvalue weighted by Crippen LogP contribution is -2.36. The molecule has 0 saturated carbocycles. The Morgan fingerprint density at radius 2 is 2.07 bits per heavy atom. The van der Waals surface area contributed by atoms with Gasteiger partial charge < -0.3 is 10.2 Å². The topological polar surface area (TPSA) is 71.0 Å². The van der Waals surface area contributed by atoms with Gasteiger partial charge in [0, 0.05) is 36.7 Å². The molecule has 3 aromatic rings. The first-order valence-corrected chi connectivity index (χ1v) is 9.02. The molecule has 1 N–H and O–H groups in total. The van der Waals surface area contributed by atoms with Gasteiger partial charge in [-0.15, -0.1) is 0 Å². The quantitative estimate of drug-likeness (QED) is 0.773. The van der Waals surface area contributed by atoms with Crippen LogP contribution in [0.5, 0.6) is 0 Å². The number of amides is 1. The maximum absolute atomic E-state index is 13.2. The summed E-state index contributed by atoms with van der Waals surface area (Å²) in [5.74, 6) is 1.10. The molecule has 4 rings (SSSR count). The van der Waals surface area contributed by atoms with Gasteiger partial charge in [-0.1, -0.05) is 24.3 Å². The minimum Gasteiger partial charge on any atom is -0.366 e. The van der Waals surface area contributed by atoms with Crippen LogP contribution in [0.4, 0.5) is 11.5 Å². The predicted molar refractivity (Wildman–Crippen MR) is 105 cm³/mol. The van der Waals surface area contributed by atoms with Gasteiger partial charge in [0.15, 0.2) is 0 Å². The zero-order valence-electron chi connectivity index (χ0n) is 15.4. The van der Waals surface area contributed by atoms with E-state index in [1.165, 1.54) is 5.56 Å². The number of nitrogens with one attached hydrogen (secondary N) is 1. The van der Waals surface area contributed by atoms with Crippen molar-refractivity contribution < 1.29 is 4.79 Å². The summed E-state index contributed by atoms with van der Waals surface area (Å²) >= 11 is 0. The van der Waals surface area contributed by atoms with Crippen LogP contribution in [0, 0.1) is 6.92 Å². The van der Waals surface area contributed by atoms with Crippen molar-refractivity contribution in [2.45, 2.75) is 32.9 Å². The molecule has 0 fully saturated rings. The maximum Gasteiger partial charge on any atom is 0.277 e. The van der Waals surface area contributed by atoms with E-state index in [1.54, 1.807) is 25.4 Å². The fraction of sp³-hybridized carbons (Fsp3) is 0.238. The molecule has 3 heterocycles. The van der Waals surface area contributed by atoms with Gasteiger partial charge in [-0.25, -0.2) is 9.97 Å². The minimum atomic E-state index is -0.0950. The second kappa shape index (κ2) is 7.15. The van der Waals surface area contributed by atoms with Crippen LogP contribution in [0.25, 0.3) is 0 Å². The van der Waals surface area contributed by atoms with Crippen LogP contribution in [0.3, 0.4) is 0 Å². The molecular weight excluding hydrogens is 338 g/mol. The second-order valence-electron chi connectivity index (χ2n) is 6.76. The molecule has 0 aliphatic carbocycles. The summed E-state index contributed by atoms with van der Waals surface area (Å²) in [6.07, 6.45) is 4.40. The van der Waals surface area contributed by atoms with Crippen molar-refractivity contribution in [1.82, 2.24) is 15.0 Å². The molecule has 6 nitrogen and oxygen atoms in total. The molecule has 27 heavy (non-hydrogen) atoms. The normalized spacial score (nSPS) is 15.5. The number of aryl methyl sites for hydroxylation is 1. The Labute approximate surface area is 158 Å². The number of benzene rings is 1. The summed E-state index contributed by atoms with van der Waals surface area (Å²) in [6.45, 7) is 4.45. The highest BCUT2D eigenvalue weighted by Gasteiger charge is 2.32. The third kappa shape index (κ3) is 3.51. The first-order chi connectivity index (χ1) is 13.1. The van der Waals surface area contributed by atoms with Crippen LogP contribution >= 0.6 is 0 Å². The van der Waals surface area contributed by atoms with Crippen molar-refractivity contribution in [3.8, 4) is 0 Å². The number of pyridine rings is 1. The van der Waals surface area contributed by atoms with E-state index in [2.05, 4.69) is 33.3 Å². The summed E-state index contributed by atoms with van der Waals surface area (Å²) in [6, 6.07) is 13.7. The van der Waals surface area contributed by atoms with Gasteiger partial charge in [-0.2, -0.15) is 0 Å². The molecule has 1 atom stereocenters. The van der Waals surface area contributed by atoms with E-state index < -0.39 is 0 Å². The molecule has 1 amide bonds. The van der Waals surface area contributed by atoms with E-state index in [9.17, 15) is 4.79 Å². The van der Waals surface area contributed by atoms with E-state index >= 15 is 0 Å². The Hall–Kier alpha value is -3.28. The zero-order chi connectivity index (χ0) is 18.8. The van der Waals surface area contributed by atoms with E-state index in [4.69, 9.17) is 0 Å². The van der Waals surface area contributed by atoms with Gasteiger partial charge in [0.25, 0.3) is 5.91 Å². The van der Waals surface area contributed by atoms with E-state index in [1.807, 2.05) is 35.2 Å². The molecule has 1 aliphatic heterocycles. The summed E-state index contributed by atoms with van der Waals surface area (Å²) in [5.41, 5.74) is 3.61. The molecular formula is C21H21N5O. The first kappa shape index (κ1) is 17.1. The van der Waals surface area contributed by atoms with Crippen molar-refractivity contribution >= 4 is 17.4 Å². The number of para-hydroxylation sites is 1. The monoisotopic (exact) mass is 359 g/mol. The smallest absolute Gasteiger partial charge is 0.277 e. The van der Waals surface area contributed by atoms with Crippen LogP contribution in [-0.4, -0.2) is 26.9 Å². The Bertz CT molecular complexity index is 973. The molecule has 0 saturated heterocycles. The van der Waals surface area contributed by atoms with Crippen molar-refractivity contribution in [3.63, 3.8) is 0 Å². The number of anilines is 2. The van der Waals surface area contributed by atoms with E-state index in [0.29, 0.717) is 23.9 Å². The molecule has 1 unspecified atom stereocenters. The number of nitrogens with zero attached hydrogens (tertiary/aromatic N) is 4. The van der Waals surface area contributed by atoms with Crippen LogP contribution in [0.2, 0.25) is 0 Å². The average Bonchev–Trinajstić information content (AvgIpc) is 3.02. The molecule has 1 aromatic carbocycles. The summed E-state index contributed by atoms with van der Waals surface area (Å²) in [7, 11) is 0. The third-order valence-electron chi connectivity index (χ3n) is 4.68. The maximum atomic E-state index is 13.2. The highest BCUT2D eigenvalue weighted by atomic mass is 16.2. The first-order valence-electron chi connectivity index (χ1n) is 9.02. The molecule has 136 valence electrons. The summed E-state index contributed by atoms with van der Waals surface area (Å²) < 4.78 is 0. The lowest BCUT2D eigenvalue weighted by molar-refractivity contribution is 0.0976. The lowest BCUT2D eigenvalue weighted by atomic mass is 10.1.